The maximum Gasteiger partial charge on any atom is 0.408 e. The summed E-state index contributed by atoms with van der Waals surface area (Å²) < 4.78 is 5.33. The van der Waals surface area contributed by atoms with Gasteiger partial charge in [-0.25, -0.2) is 4.79 Å². The molecular formula is C26H26N4O4. The fraction of sp³-hybridized carbons (Fsp3) is 0.385. The fourth-order valence-electron chi connectivity index (χ4n) is 5.00. The average Bonchev–Trinajstić information content (AvgIpc) is 3.52. The number of rotatable bonds is 6. The molecule has 1 saturated carbocycles. The molecule has 0 unspecified atom stereocenters. The molecule has 1 saturated heterocycles. The van der Waals surface area contributed by atoms with Gasteiger partial charge in [-0.3, -0.25) is 9.59 Å². The van der Waals surface area contributed by atoms with Crippen LogP contribution in [0, 0.1) is 17.2 Å². The van der Waals surface area contributed by atoms with Gasteiger partial charge in [0.15, 0.2) is 0 Å². The van der Waals surface area contributed by atoms with Crippen molar-refractivity contribution >= 4 is 23.6 Å². The van der Waals surface area contributed by atoms with E-state index in [1.807, 2.05) is 54.6 Å². The molecule has 2 N–H and O–H groups in total. The van der Waals surface area contributed by atoms with E-state index in [1.54, 1.807) is 0 Å². The van der Waals surface area contributed by atoms with E-state index in [2.05, 4.69) is 16.7 Å². The number of hydrogen-bond acceptors (Lipinski definition) is 5. The van der Waals surface area contributed by atoms with Crippen molar-refractivity contribution < 1.29 is 19.1 Å². The van der Waals surface area contributed by atoms with E-state index in [0.717, 1.165) is 29.7 Å². The average molecular weight is 459 g/mol. The Kier molecular flexibility index (Phi) is 5.70. The maximum atomic E-state index is 13.6. The van der Waals surface area contributed by atoms with E-state index < -0.39 is 23.6 Å². The predicted molar refractivity (Wildman–Crippen MR) is 123 cm³/mol. The summed E-state index contributed by atoms with van der Waals surface area (Å²) in [4.78, 5) is 40.6. The molecule has 0 bridgehead atoms. The molecule has 34 heavy (non-hydrogen) atoms. The van der Waals surface area contributed by atoms with Crippen LogP contribution in [0.3, 0.4) is 0 Å². The Morgan fingerprint density at radius 1 is 1.18 bits per heavy atom. The van der Waals surface area contributed by atoms with Gasteiger partial charge in [0, 0.05) is 18.7 Å². The van der Waals surface area contributed by atoms with Crippen molar-refractivity contribution in [1.82, 2.24) is 10.2 Å². The number of anilines is 1. The number of nitrogens with one attached hydrogen (secondary N) is 2. The highest BCUT2D eigenvalue weighted by atomic mass is 16.5. The van der Waals surface area contributed by atoms with Gasteiger partial charge in [0.1, 0.15) is 18.7 Å². The van der Waals surface area contributed by atoms with Gasteiger partial charge in [0.2, 0.25) is 11.8 Å². The first-order chi connectivity index (χ1) is 16.5. The smallest absolute Gasteiger partial charge is 0.408 e. The molecule has 174 valence electrons. The van der Waals surface area contributed by atoms with Crippen molar-refractivity contribution in [2.75, 3.05) is 11.9 Å². The summed E-state index contributed by atoms with van der Waals surface area (Å²) >= 11 is 0. The summed E-state index contributed by atoms with van der Waals surface area (Å²) in [5.74, 6) is -0.182. The van der Waals surface area contributed by atoms with E-state index in [1.165, 1.54) is 4.90 Å². The molecule has 5 rings (SSSR count). The second-order valence-electron chi connectivity index (χ2n) is 9.33. The summed E-state index contributed by atoms with van der Waals surface area (Å²) in [5.41, 5.74) is 1.42. The third kappa shape index (κ3) is 4.10. The highest BCUT2D eigenvalue weighted by Gasteiger charge is 2.56. The lowest BCUT2D eigenvalue weighted by Crippen LogP contribution is -2.51. The Labute approximate surface area is 197 Å². The normalized spacial score (nSPS) is 23.7. The summed E-state index contributed by atoms with van der Waals surface area (Å²) in [7, 11) is 0. The number of amides is 3. The van der Waals surface area contributed by atoms with Crippen molar-refractivity contribution in [3.63, 3.8) is 0 Å². The first kappa shape index (κ1) is 22.0. The first-order valence-electron chi connectivity index (χ1n) is 11.6. The fourth-order valence-corrected chi connectivity index (χ4v) is 5.00. The van der Waals surface area contributed by atoms with Crippen LogP contribution in [0.15, 0.2) is 54.6 Å². The molecule has 0 aromatic heterocycles. The van der Waals surface area contributed by atoms with Crippen LogP contribution in [0.25, 0.3) is 0 Å². The van der Waals surface area contributed by atoms with E-state index in [4.69, 9.17) is 4.74 Å². The number of nitrogens with zero attached hydrogens (tertiary/aromatic N) is 2. The lowest BCUT2D eigenvalue weighted by atomic mass is 9.80. The van der Waals surface area contributed by atoms with Gasteiger partial charge in [-0.15, -0.1) is 0 Å². The number of carbonyl (C=O) groups is 3. The molecular weight excluding hydrogens is 432 g/mol. The second-order valence-corrected chi connectivity index (χ2v) is 9.33. The third-order valence-corrected chi connectivity index (χ3v) is 6.98. The van der Waals surface area contributed by atoms with Gasteiger partial charge in [0.25, 0.3) is 0 Å². The van der Waals surface area contributed by atoms with Crippen LogP contribution in [0.1, 0.15) is 36.8 Å². The molecule has 1 spiro atoms. The number of hydrogen-bond donors (Lipinski definition) is 2. The van der Waals surface area contributed by atoms with Crippen LogP contribution in [0.5, 0.6) is 0 Å². The highest BCUT2D eigenvalue weighted by molar-refractivity contribution is 6.07. The topological polar surface area (TPSA) is 112 Å². The molecule has 2 fully saturated rings. The van der Waals surface area contributed by atoms with Crippen LogP contribution in [-0.4, -0.2) is 41.4 Å². The summed E-state index contributed by atoms with van der Waals surface area (Å²) in [6.07, 6.45) is 2.06. The SMILES string of the molecule is N#C[C@@H]1C[C@@]2(CN1C(=O)[C@H](CC1CC1)NC(=O)OCc1ccccc1)C(=O)Nc1ccccc12. The van der Waals surface area contributed by atoms with Gasteiger partial charge in [-0.2, -0.15) is 5.26 Å². The quantitative estimate of drug-likeness (QED) is 0.691. The Morgan fingerprint density at radius 2 is 1.91 bits per heavy atom. The number of ether oxygens (including phenoxy) is 1. The molecule has 2 aromatic carbocycles. The largest absolute Gasteiger partial charge is 0.445 e. The van der Waals surface area contributed by atoms with Crippen LogP contribution < -0.4 is 10.6 Å². The summed E-state index contributed by atoms with van der Waals surface area (Å²) in [5, 5.41) is 15.5. The molecule has 3 amide bonds. The van der Waals surface area contributed by atoms with Crippen molar-refractivity contribution in [3.8, 4) is 6.07 Å². The number of nitriles is 1. The number of para-hydroxylation sites is 1. The number of likely N-dealkylation sites (tertiary alicyclic amines) is 1. The van der Waals surface area contributed by atoms with Crippen LogP contribution in [0.2, 0.25) is 0 Å². The minimum absolute atomic E-state index is 0.0988. The Morgan fingerprint density at radius 3 is 2.65 bits per heavy atom. The van der Waals surface area contributed by atoms with Crippen molar-refractivity contribution in [3.05, 3.63) is 65.7 Å². The number of benzene rings is 2. The monoisotopic (exact) mass is 458 g/mol. The molecule has 3 atom stereocenters. The van der Waals surface area contributed by atoms with Crippen LogP contribution >= 0.6 is 0 Å². The lowest BCUT2D eigenvalue weighted by molar-refractivity contribution is -0.134. The van der Waals surface area contributed by atoms with Crippen LogP contribution in [-0.2, 0) is 26.3 Å². The zero-order chi connectivity index (χ0) is 23.7. The minimum Gasteiger partial charge on any atom is -0.445 e. The Bertz CT molecular complexity index is 1160. The number of fused-ring (bicyclic) bond motifs is 2. The maximum absolute atomic E-state index is 13.6. The molecule has 8 heteroatoms. The van der Waals surface area contributed by atoms with Crippen molar-refractivity contribution in [2.24, 2.45) is 5.92 Å². The zero-order valence-corrected chi connectivity index (χ0v) is 18.7. The van der Waals surface area contributed by atoms with E-state index >= 15 is 0 Å². The van der Waals surface area contributed by atoms with E-state index in [0.29, 0.717) is 12.3 Å². The Balaban J connectivity index is 1.32. The molecule has 2 aromatic rings. The van der Waals surface area contributed by atoms with Gasteiger partial charge < -0.3 is 20.3 Å². The second kappa shape index (κ2) is 8.82. The van der Waals surface area contributed by atoms with Gasteiger partial charge in [-0.1, -0.05) is 61.4 Å². The predicted octanol–water partition coefficient (Wildman–Crippen LogP) is 3.10. The molecule has 1 aliphatic carbocycles. The molecule has 2 aliphatic heterocycles. The van der Waals surface area contributed by atoms with Crippen molar-refractivity contribution in [1.29, 1.82) is 5.26 Å². The summed E-state index contributed by atoms with van der Waals surface area (Å²) in [6, 6.07) is 17.3. The number of carbonyl (C=O) groups excluding carboxylic acids is 3. The number of alkyl carbamates (subject to hydrolysis) is 1. The van der Waals surface area contributed by atoms with Crippen LogP contribution in [0.4, 0.5) is 10.5 Å². The first-order valence-corrected chi connectivity index (χ1v) is 11.6. The van der Waals surface area contributed by atoms with Gasteiger partial charge >= 0.3 is 6.09 Å². The van der Waals surface area contributed by atoms with E-state index in [-0.39, 0.29) is 31.4 Å². The third-order valence-electron chi connectivity index (χ3n) is 6.98. The molecule has 8 nitrogen and oxygen atoms in total. The lowest BCUT2D eigenvalue weighted by Gasteiger charge is -2.27. The van der Waals surface area contributed by atoms with Gasteiger partial charge in [-0.05, 0) is 29.5 Å². The van der Waals surface area contributed by atoms with Gasteiger partial charge in [0.05, 0.1) is 11.5 Å². The standard InChI is InChI=1S/C26H26N4O4/c27-14-19-13-26(20-8-4-5-9-21(20)28-24(26)32)16-30(19)23(31)22(12-17-10-11-17)29-25(33)34-15-18-6-2-1-3-7-18/h1-9,17,19,22H,10-13,15-16H2,(H,28,32)(H,29,33)/t19-,22-,26-/m0/s1. The minimum atomic E-state index is -0.954. The molecule has 2 heterocycles. The molecule has 0 radical (unpaired) electrons. The zero-order valence-electron chi connectivity index (χ0n) is 18.7. The van der Waals surface area contributed by atoms with E-state index in [9.17, 15) is 19.6 Å². The van der Waals surface area contributed by atoms with Crippen molar-refractivity contribution in [2.45, 2.75) is 49.8 Å². The Hall–Kier alpha value is -3.86. The highest BCUT2D eigenvalue weighted by Crippen LogP contribution is 2.46. The molecule has 3 aliphatic rings. The summed E-state index contributed by atoms with van der Waals surface area (Å²) in [6.45, 7) is 0.205.